The van der Waals surface area contributed by atoms with Crippen molar-refractivity contribution >= 4 is 11.6 Å². The third kappa shape index (κ3) is 2.16. The Morgan fingerprint density at radius 1 is 1.29 bits per heavy atom. The Hall–Kier alpha value is -2.71. The predicted octanol–water partition coefficient (Wildman–Crippen LogP) is 2.24. The quantitative estimate of drug-likeness (QED) is 0.917. The Kier molecular flexibility index (Phi) is 3.16. The SMILES string of the molecule is N#Cc1ccc(CN2C(=O)C(N)c3ccccc32)c(F)c1. The molecule has 21 heavy (non-hydrogen) atoms. The van der Waals surface area contributed by atoms with E-state index >= 15 is 0 Å². The lowest BCUT2D eigenvalue weighted by atomic mass is 10.1. The van der Waals surface area contributed by atoms with Crippen molar-refractivity contribution in [2.75, 3.05) is 4.90 Å². The highest BCUT2D eigenvalue weighted by Gasteiger charge is 2.34. The summed E-state index contributed by atoms with van der Waals surface area (Å²) in [4.78, 5) is 13.7. The molecule has 1 atom stereocenters. The molecule has 0 aliphatic carbocycles. The molecule has 0 fully saturated rings. The zero-order chi connectivity index (χ0) is 15.0. The van der Waals surface area contributed by atoms with Gasteiger partial charge in [-0.3, -0.25) is 4.79 Å². The van der Waals surface area contributed by atoms with Crippen LogP contribution in [0.15, 0.2) is 42.5 Å². The van der Waals surface area contributed by atoms with Crippen molar-refractivity contribution in [1.29, 1.82) is 5.26 Å². The van der Waals surface area contributed by atoms with Crippen molar-refractivity contribution in [3.05, 3.63) is 65.0 Å². The molecule has 1 aliphatic heterocycles. The molecule has 0 spiro atoms. The molecule has 1 amide bonds. The molecule has 0 radical (unpaired) electrons. The van der Waals surface area contributed by atoms with Crippen LogP contribution >= 0.6 is 0 Å². The van der Waals surface area contributed by atoms with E-state index in [1.807, 2.05) is 18.2 Å². The fraction of sp³-hybridized carbons (Fsp3) is 0.125. The van der Waals surface area contributed by atoms with Gasteiger partial charge in [0.15, 0.2) is 0 Å². The first-order valence-corrected chi connectivity index (χ1v) is 6.46. The Morgan fingerprint density at radius 3 is 2.76 bits per heavy atom. The van der Waals surface area contributed by atoms with Gasteiger partial charge in [-0.15, -0.1) is 0 Å². The molecule has 2 N–H and O–H groups in total. The van der Waals surface area contributed by atoms with Gasteiger partial charge in [0, 0.05) is 16.8 Å². The largest absolute Gasteiger partial charge is 0.316 e. The Morgan fingerprint density at radius 2 is 2.05 bits per heavy atom. The van der Waals surface area contributed by atoms with Gasteiger partial charge in [-0.1, -0.05) is 24.3 Å². The molecule has 0 aromatic heterocycles. The predicted molar refractivity (Wildman–Crippen MR) is 75.7 cm³/mol. The number of nitrogens with two attached hydrogens (primary N) is 1. The van der Waals surface area contributed by atoms with Gasteiger partial charge in [0.1, 0.15) is 11.9 Å². The Balaban J connectivity index is 1.96. The molecular formula is C16H12FN3O. The molecule has 2 aromatic carbocycles. The molecule has 1 unspecified atom stereocenters. The molecule has 1 heterocycles. The molecular weight excluding hydrogens is 269 g/mol. The monoisotopic (exact) mass is 281 g/mol. The summed E-state index contributed by atoms with van der Waals surface area (Å²) in [5.41, 5.74) is 7.95. The second-order valence-electron chi connectivity index (χ2n) is 4.88. The lowest BCUT2D eigenvalue weighted by molar-refractivity contribution is -0.119. The number of rotatable bonds is 2. The Labute approximate surface area is 121 Å². The highest BCUT2D eigenvalue weighted by molar-refractivity contribution is 6.04. The van der Waals surface area contributed by atoms with E-state index in [2.05, 4.69) is 0 Å². The molecule has 104 valence electrons. The van der Waals surface area contributed by atoms with Crippen molar-refractivity contribution in [3.63, 3.8) is 0 Å². The maximum atomic E-state index is 14.0. The third-order valence-electron chi connectivity index (χ3n) is 3.61. The maximum Gasteiger partial charge on any atom is 0.248 e. The number of carbonyl (C=O) groups is 1. The number of amides is 1. The minimum absolute atomic E-state index is 0.0983. The number of hydrogen-bond donors (Lipinski definition) is 1. The number of nitrogens with zero attached hydrogens (tertiary/aromatic N) is 2. The first-order chi connectivity index (χ1) is 10.1. The van der Waals surface area contributed by atoms with Gasteiger partial charge in [-0.25, -0.2) is 4.39 Å². The van der Waals surface area contributed by atoms with Crippen LogP contribution < -0.4 is 10.6 Å². The van der Waals surface area contributed by atoms with E-state index < -0.39 is 11.9 Å². The third-order valence-corrected chi connectivity index (χ3v) is 3.61. The van der Waals surface area contributed by atoms with Crippen molar-refractivity contribution in [2.45, 2.75) is 12.6 Å². The topological polar surface area (TPSA) is 70.1 Å². The second kappa shape index (κ2) is 5.00. The summed E-state index contributed by atoms with van der Waals surface area (Å²) in [5, 5.41) is 8.75. The number of carbonyl (C=O) groups excluding carboxylic acids is 1. The summed E-state index contributed by atoms with van der Waals surface area (Å²) in [5.74, 6) is -0.750. The van der Waals surface area contributed by atoms with Gasteiger partial charge in [0.25, 0.3) is 0 Å². The standard InChI is InChI=1S/C16H12FN3O/c17-13-7-10(8-18)5-6-11(13)9-20-14-4-2-1-3-12(14)15(19)16(20)21/h1-7,15H,9,19H2. The first-order valence-electron chi connectivity index (χ1n) is 6.46. The molecule has 0 bridgehead atoms. The van der Waals surface area contributed by atoms with Crippen LogP contribution in [0.1, 0.15) is 22.7 Å². The van der Waals surface area contributed by atoms with E-state index in [1.165, 1.54) is 23.1 Å². The van der Waals surface area contributed by atoms with Crippen LogP contribution in [0.3, 0.4) is 0 Å². The smallest absolute Gasteiger partial charge is 0.248 e. The average molecular weight is 281 g/mol. The van der Waals surface area contributed by atoms with Crippen molar-refractivity contribution < 1.29 is 9.18 Å². The summed E-state index contributed by atoms with van der Waals surface area (Å²) in [7, 11) is 0. The second-order valence-corrected chi connectivity index (χ2v) is 4.88. The fourth-order valence-electron chi connectivity index (χ4n) is 2.49. The first kappa shape index (κ1) is 13.3. The number of anilines is 1. The van der Waals surface area contributed by atoms with Crippen LogP contribution in [0.2, 0.25) is 0 Å². The lowest BCUT2D eigenvalue weighted by Crippen LogP contribution is -2.31. The Bertz CT molecular complexity index is 766. The van der Waals surface area contributed by atoms with Gasteiger partial charge in [-0.05, 0) is 18.2 Å². The number of hydrogen-bond acceptors (Lipinski definition) is 3. The van der Waals surface area contributed by atoms with Crippen molar-refractivity contribution in [1.82, 2.24) is 0 Å². The van der Waals surface area contributed by atoms with Gasteiger partial charge in [-0.2, -0.15) is 5.26 Å². The van der Waals surface area contributed by atoms with Crippen molar-refractivity contribution in [2.24, 2.45) is 5.73 Å². The average Bonchev–Trinajstić information content (AvgIpc) is 2.74. The summed E-state index contributed by atoms with van der Waals surface area (Å²) >= 11 is 0. The van der Waals surface area contributed by atoms with Crippen molar-refractivity contribution in [3.8, 4) is 6.07 Å². The number of benzene rings is 2. The minimum Gasteiger partial charge on any atom is -0.316 e. The van der Waals surface area contributed by atoms with E-state index in [0.717, 1.165) is 5.56 Å². The van der Waals surface area contributed by atoms with Crippen LogP contribution in [-0.2, 0) is 11.3 Å². The van der Waals surface area contributed by atoms with Gasteiger partial charge < -0.3 is 10.6 Å². The zero-order valence-electron chi connectivity index (χ0n) is 11.1. The molecule has 1 aliphatic rings. The van der Waals surface area contributed by atoms with E-state index in [1.54, 1.807) is 12.1 Å². The molecule has 0 saturated heterocycles. The van der Waals surface area contributed by atoms with E-state index in [0.29, 0.717) is 11.3 Å². The van der Waals surface area contributed by atoms with Gasteiger partial charge in [0.2, 0.25) is 5.91 Å². The lowest BCUT2D eigenvalue weighted by Gasteiger charge is -2.18. The zero-order valence-corrected chi connectivity index (χ0v) is 11.1. The van der Waals surface area contributed by atoms with E-state index in [9.17, 15) is 9.18 Å². The van der Waals surface area contributed by atoms with Crippen LogP contribution in [0, 0.1) is 17.1 Å². The number of halogens is 1. The maximum absolute atomic E-state index is 14.0. The highest BCUT2D eigenvalue weighted by Crippen LogP contribution is 2.35. The molecule has 2 aromatic rings. The summed E-state index contributed by atoms with van der Waals surface area (Å²) < 4.78 is 14.0. The summed E-state index contributed by atoms with van der Waals surface area (Å²) in [6.45, 7) is 0.0983. The normalized spacial score (nSPS) is 16.7. The number of fused-ring (bicyclic) bond motifs is 1. The molecule has 3 rings (SSSR count). The number of para-hydroxylation sites is 1. The summed E-state index contributed by atoms with van der Waals surface area (Å²) in [6.07, 6.45) is 0. The highest BCUT2D eigenvalue weighted by atomic mass is 19.1. The van der Waals surface area contributed by atoms with Crippen LogP contribution in [0.5, 0.6) is 0 Å². The molecule has 5 heteroatoms. The fourth-order valence-corrected chi connectivity index (χ4v) is 2.49. The summed E-state index contributed by atoms with van der Waals surface area (Å²) in [6, 6.07) is 12.6. The number of nitriles is 1. The minimum atomic E-state index is -0.706. The van der Waals surface area contributed by atoms with Crippen LogP contribution in [0.25, 0.3) is 0 Å². The van der Waals surface area contributed by atoms with Crippen LogP contribution in [-0.4, -0.2) is 5.91 Å². The van der Waals surface area contributed by atoms with E-state index in [-0.39, 0.29) is 18.0 Å². The van der Waals surface area contributed by atoms with Gasteiger partial charge >= 0.3 is 0 Å². The van der Waals surface area contributed by atoms with E-state index in [4.69, 9.17) is 11.0 Å². The van der Waals surface area contributed by atoms with Gasteiger partial charge in [0.05, 0.1) is 18.2 Å². The molecule has 4 nitrogen and oxygen atoms in total. The van der Waals surface area contributed by atoms with Crippen LogP contribution in [0.4, 0.5) is 10.1 Å². The molecule has 0 saturated carbocycles.